The quantitative estimate of drug-likeness (QED) is 0.737. The first-order chi connectivity index (χ1) is 7.13. The van der Waals surface area contributed by atoms with Crippen LogP contribution in [-0.4, -0.2) is 13.1 Å². The molecule has 4 heteroatoms. The van der Waals surface area contributed by atoms with Crippen LogP contribution in [-0.2, 0) is 6.54 Å². The molecule has 2 amide bonds. The van der Waals surface area contributed by atoms with E-state index in [-0.39, 0.29) is 6.03 Å². The molecule has 2 N–H and O–H groups in total. The van der Waals surface area contributed by atoms with Crippen LogP contribution < -0.4 is 15.4 Å². The number of carbonyl (C=O) groups excluding carboxylic acids is 1. The Bertz CT molecular complexity index is 427. The van der Waals surface area contributed by atoms with Gasteiger partial charge in [-0.2, -0.15) is 0 Å². The minimum absolute atomic E-state index is 0.143. The number of ether oxygens (including phenoxy) is 1. The molecule has 0 fully saturated rings. The predicted octanol–water partition coefficient (Wildman–Crippen LogP) is 1.95. The molecule has 1 aliphatic rings. The van der Waals surface area contributed by atoms with Crippen LogP contribution in [0.2, 0.25) is 0 Å². The molecule has 0 saturated carbocycles. The van der Waals surface area contributed by atoms with E-state index in [1.165, 1.54) is 0 Å². The number of fused-ring (bicyclic) bond motifs is 1. The second-order valence-electron chi connectivity index (χ2n) is 3.68. The number of methoxy groups -OCH3 is 1. The van der Waals surface area contributed by atoms with Crippen molar-refractivity contribution in [3.05, 3.63) is 22.8 Å². The first-order valence-electron chi connectivity index (χ1n) is 4.85. The summed E-state index contributed by atoms with van der Waals surface area (Å²) in [6.45, 7) is 4.52. The zero-order valence-corrected chi connectivity index (χ0v) is 9.10. The fourth-order valence-electron chi connectivity index (χ4n) is 1.88. The zero-order chi connectivity index (χ0) is 11.0. The Morgan fingerprint density at radius 3 is 2.80 bits per heavy atom. The van der Waals surface area contributed by atoms with E-state index >= 15 is 0 Å². The Kier molecular flexibility index (Phi) is 2.26. The minimum atomic E-state index is -0.143. The number of rotatable bonds is 1. The van der Waals surface area contributed by atoms with E-state index in [1.807, 2.05) is 19.9 Å². The predicted molar refractivity (Wildman–Crippen MR) is 58.3 cm³/mol. The van der Waals surface area contributed by atoms with Crippen LogP contribution in [0.3, 0.4) is 0 Å². The fourth-order valence-corrected chi connectivity index (χ4v) is 1.88. The lowest BCUT2D eigenvalue weighted by molar-refractivity contribution is 0.250. The number of hydrogen-bond donors (Lipinski definition) is 2. The highest BCUT2D eigenvalue weighted by molar-refractivity contribution is 5.93. The van der Waals surface area contributed by atoms with Gasteiger partial charge in [-0.15, -0.1) is 0 Å². The number of nitrogens with one attached hydrogen (secondary N) is 2. The van der Waals surface area contributed by atoms with Gasteiger partial charge in [0.05, 0.1) is 12.8 Å². The van der Waals surface area contributed by atoms with Crippen LogP contribution in [0.4, 0.5) is 10.5 Å². The molecule has 1 heterocycles. The highest BCUT2D eigenvalue weighted by Crippen LogP contribution is 2.33. The third-order valence-electron chi connectivity index (χ3n) is 2.75. The van der Waals surface area contributed by atoms with Crippen molar-refractivity contribution >= 4 is 11.7 Å². The standard InChI is InChI=1S/C11H14N2O2/c1-6-4-9(15-3)7(2)8-5-12-11(14)13-10(6)8/h4H,5H2,1-3H3,(H2,12,13,14). The number of benzene rings is 1. The lowest BCUT2D eigenvalue weighted by Crippen LogP contribution is -2.34. The number of hydrogen-bond acceptors (Lipinski definition) is 2. The molecule has 1 aromatic carbocycles. The average Bonchev–Trinajstić information content (AvgIpc) is 2.23. The van der Waals surface area contributed by atoms with Gasteiger partial charge in [0.15, 0.2) is 0 Å². The van der Waals surface area contributed by atoms with E-state index in [4.69, 9.17) is 4.74 Å². The van der Waals surface area contributed by atoms with Crippen molar-refractivity contribution in [3.8, 4) is 5.75 Å². The van der Waals surface area contributed by atoms with Gasteiger partial charge in [0, 0.05) is 12.1 Å². The molecule has 80 valence electrons. The number of amides is 2. The third-order valence-corrected chi connectivity index (χ3v) is 2.75. The molecule has 4 nitrogen and oxygen atoms in total. The van der Waals surface area contributed by atoms with Crippen molar-refractivity contribution in [2.24, 2.45) is 0 Å². The maximum Gasteiger partial charge on any atom is 0.319 e. The summed E-state index contributed by atoms with van der Waals surface area (Å²) in [5, 5.41) is 5.57. The number of aryl methyl sites for hydroxylation is 1. The van der Waals surface area contributed by atoms with E-state index in [0.29, 0.717) is 6.54 Å². The topological polar surface area (TPSA) is 50.4 Å². The lowest BCUT2D eigenvalue weighted by atomic mass is 10.00. The molecular weight excluding hydrogens is 192 g/mol. The van der Waals surface area contributed by atoms with Gasteiger partial charge in [-0.05, 0) is 31.0 Å². The van der Waals surface area contributed by atoms with Crippen LogP contribution in [0.25, 0.3) is 0 Å². The summed E-state index contributed by atoms with van der Waals surface area (Å²) in [7, 11) is 1.66. The van der Waals surface area contributed by atoms with Gasteiger partial charge < -0.3 is 15.4 Å². The molecule has 0 aliphatic carbocycles. The summed E-state index contributed by atoms with van der Waals surface area (Å²) in [5.74, 6) is 0.865. The molecule has 2 rings (SSSR count). The smallest absolute Gasteiger partial charge is 0.319 e. The third kappa shape index (κ3) is 1.52. The fraction of sp³-hybridized carbons (Fsp3) is 0.364. The van der Waals surface area contributed by atoms with E-state index in [2.05, 4.69) is 10.6 Å². The molecule has 1 aliphatic heterocycles. The Labute approximate surface area is 88.6 Å². The first kappa shape index (κ1) is 9.83. The molecule has 15 heavy (non-hydrogen) atoms. The molecule has 1 aromatic rings. The molecule has 0 bridgehead atoms. The largest absolute Gasteiger partial charge is 0.496 e. The van der Waals surface area contributed by atoms with Gasteiger partial charge in [-0.3, -0.25) is 0 Å². The summed E-state index contributed by atoms with van der Waals surface area (Å²) < 4.78 is 5.28. The van der Waals surface area contributed by atoms with E-state index in [9.17, 15) is 4.79 Å². The van der Waals surface area contributed by atoms with Crippen molar-refractivity contribution in [2.45, 2.75) is 20.4 Å². The molecule has 0 spiro atoms. The van der Waals surface area contributed by atoms with Crippen molar-refractivity contribution in [1.82, 2.24) is 5.32 Å². The molecule has 0 radical (unpaired) electrons. The molecule has 0 atom stereocenters. The van der Waals surface area contributed by atoms with Crippen LogP contribution in [0, 0.1) is 13.8 Å². The second kappa shape index (κ2) is 3.46. The SMILES string of the molecule is COc1cc(C)c2c(c1C)CNC(=O)N2. The van der Waals surface area contributed by atoms with Gasteiger partial charge in [-0.1, -0.05) is 0 Å². The van der Waals surface area contributed by atoms with Gasteiger partial charge in [0.25, 0.3) is 0 Å². The van der Waals surface area contributed by atoms with E-state index in [0.717, 1.165) is 28.1 Å². The molecule has 0 saturated heterocycles. The summed E-state index contributed by atoms with van der Waals surface area (Å²) >= 11 is 0. The maximum absolute atomic E-state index is 11.2. The Morgan fingerprint density at radius 2 is 2.13 bits per heavy atom. The van der Waals surface area contributed by atoms with Crippen molar-refractivity contribution in [3.63, 3.8) is 0 Å². The Hall–Kier alpha value is -1.71. The highest BCUT2D eigenvalue weighted by Gasteiger charge is 2.19. The van der Waals surface area contributed by atoms with Crippen LogP contribution in [0.5, 0.6) is 5.75 Å². The molecule has 0 aromatic heterocycles. The summed E-state index contributed by atoms with van der Waals surface area (Å²) in [4.78, 5) is 11.2. The summed E-state index contributed by atoms with van der Waals surface area (Å²) in [6, 6.07) is 1.80. The van der Waals surface area contributed by atoms with Crippen molar-refractivity contribution in [2.75, 3.05) is 12.4 Å². The minimum Gasteiger partial charge on any atom is -0.496 e. The Morgan fingerprint density at radius 1 is 1.40 bits per heavy atom. The maximum atomic E-state index is 11.2. The first-order valence-corrected chi connectivity index (χ1v) is 4.85. The zero-order valence-electron chi connectivity index (χ0n) is 9.10. The second-order valence-corrected chi connectivity index (χ2v) is 3.68. The van der Waals surface area contributed by atoms with Crippen molar-refractivity contribution < 1.29 is 9.53 Å². The van der Waals surface area contributed by atoms with Gasteiger partial charge in [-0.25, -0.2) is 4.79 Å². The number of urea groups is 1. The average molecular weight is 206 g/mol. The molecular formula is C11H14N2O2. The summed E-state index contributed by atoms with van der Waals surface area (Å²) in [5.41, 5.74) is 4.12. The van der Waals surface area contributed by atoms with Crippen LogP contribution in [0.1, 0.15) is 16.7 Å². The Balaban J connectivity index is 2.59. The number of anilines is 1. The van der Waals surface area contributed by atoms with E-state index < -0.39 is 0 Å². The van der Waals surface area contributed by atoms with Gasteiger partial charge in [0.1, 0.15) is 5.75 Å². The number of carbonyl (C=O) groups is 1. The van der Waals surface area contributed by atoms with Crippen LogP contribution in [0.15, 0.2) is 6.07 Å². The lowest BCUT2D eigenvalue weighted by Gasteiger charge is -2.23. The van der Waals surface area contributed by atoms with Crippen molar-refractivity contribution in [1.29, 1.82) is 0 Å². The monoisotopic (exact) mass is 206 g/mol. The van der Waals surface area contributed by atoms with Crippen LogP contribution >= 0.6 is 0 Å². The molecule has 0 unspecified atom stereocenters. The van der Waals surface area contributed by atoms with E-state index in [1.54, 1.807) is 7.11 Å². The summed E-state index contributed by atoms with van der Waals surface area (Å²) in [6.07, 6.45) is 0. The normalized spacial score (nSPS) is 13.9. The van der Waals surface area contributed by atoms with Gasteiger partial charge >= 0.3 is 6.03 Å². The highest BCUT2D eigenvalue weighted by atomic mass is 16.5. The van der Waals surface area contributed by atoms with Gasteiger partial charge in [0.2, 0.25) is 0 Å².